The van der Waals surface area contributed by atoms with Gasteiger partial charge in [0.2, 0.25) is 0 Å². The van der Waals surface area contributed by atoms with Crippen LogP contribution >= 0.6 is 15.9 Å². The van der Waals surface area contributed by atoms with Gasteiger partial charge in [-0.1, -0.05) is 24.3 Å². The number of esters is 1. The number of halogens is 1. The molecule has 8 heteroatoms. The van der Waals surface area contributed by atoms with Gasteiger partial charge in [0, 0.05) is 0 Å². The van der Waals surface area contributed by atoms with Crippen LogP contribution < -0.4 is 19.6 Å². The fourth-order valence-electron chi connectivity index (χ4n) is 3.12. The Kier molecular flexibility index (Phi) is 8.81. The summed E-state index contributed by atoms with van der Waals surface area (Å²) in [5, 5.41) is 3.97. The predicted molar refractivity (Wildman–Crippen MR) is 134 cm³/mol. The SMILES string of the molecule is CCOc1cc(/C=N/NC(=O)COc2c(C)cc(C)cc2Br)ccc1OC(=O)c1ccccc1. The molecule has 0 radical (unpaired) electrons. The average molecular weight is 525 g/mol. The Hall–Kier alpha value is -3.65. The Bertz CT molecular complexity index is 1170. The standard InChI is InChI=1S/C26H25BrN2O5/c1-4-32-23-14-19(10-11-22(23)34-26(31)20-8-6-5-7-9-20)15-28-29-24(30)16-33-25-18(3)12-17(2)13-21(25)27/h5-15H,4,16H2,1-3H3,(H,29,30)/b28-15+. The molecule has 0 fully saturated rings. The number of carbonyl (C=O) groups excluding carboxylic acids is 2. The molecule has 1 N–H and O–H groups in total. The van der Waals surface area contributed by atoms with Gasteiger partial charge in [0.1, 0.15) is 5.75 Å². The van der Waals surface area contributed by atoms with Crippen molar-refractivity contribution in [1.29, 1.82) is 0 Å². The van der Waals surface area contributed by atoms with Crippen LogP contribution in [0.25, 0.3) is 0 Å². The second-order valence-corrected chi connectivity index (χ2v) is 8.22. The number of carbonyl (C=O) groups is 2. The first-order valence-electron chi connectivity index (χ1n) is 10.6. The number of hydrogen-bond donors (Lipinski definition) is 1. The highest BCUT2D eigenvalue weighted by Crippen LogP contribution is 2.30. The van der Waals surface area contributed by atoms with Crippen LogP contribution in [0.15, 0.2) is 70.2 Å². The van der Waals surface area contributed by atoms with Gasteiger partial charge in [-0.15, -0.1) is 0 Å². The Morgan fingerprint density at radius 1 is 1.00 bits per heavy atom. The van der Waals surface area contributed by atoms with Gasteiger partial charge in [-0.05, 0) is 89.8 Å². The molecule has 3 aromatic rings. The zero-order valence-corrected chi connectivity index (χ0v) is 20.7. The zero-order valence-electron chi connectivity index (χ0n) is 19.1. The van der Waals surface area contributed by atoms with Crippen molar-refractivity contribution >= 4 is 34.0 Å². The summed E-state index contributed by atoms with van der Waals surface area (Å²) in [5.41, 5.74) is 5.55. The smallest absolute Gasteiger partial charge is 0.343 e. The molecule has 0 aliphatic rings. The van der Waals surface area contributed by atoms with Gasteiger partial charge in [-0.2, -0.15) is 5.10 Å². The van der Waals surface area contributed by atoms with E-state index in [-0.39, 0.29) is 6.61 Å². The van der Waals surface area contributed by atoms with Gasteiger partial charge in [-0.3, -0.25) is 4.79 Å². The van der Waals surface area contributed by atoms with Gasteiger partial charge >= 0.3 is 5.97 Å². The van der Waals surface area contributed by atoms with Crippen LogP contribution in [0.3, 0.4) is 0 Å². The third-order valence-corrected chi connectivity index (χ3v) is 5.19. The van der Waals surface area contributed by atoms with E-state index < -0.39 is 11.9 Å². The van der Waals surface area contributed by atoms with Crippen LogP contribution in [0.1, 0.15) is 34.0 Å². The molecule has 0 spiro atoms. The lowest BCUT2D eigenvalue weighted by atomic mass is 10.1. The number of nitrogens with one attached hydrogen (secondary N) is 1. The number of aryl methyl sites for hydroxylation is 2. The summed E-state index contributed by atoms with van der Waals surface area (Å²) >= 11 is 3.46. The topological polar surface area (TPSA) is 86.2 Å². The first kappa shape index (κ1) is 25.0. The first-order chi connectivity index (χ1) is 16.4. The van der Waals surface area contributed by atoms with Gasteiger partial charge in [-0.25, -0.2) is 10.2 Å². The maximum Gasteiger partial charge on any atom is 0.343 e. The number of nitrogens with zero attached hydrogens (tertiary/aromatic N) is 1. The van der Waals surface area contributed by atoms with Crippen molar-refractivity contribution in [3.63, 3.8) is 0 Å². The summed E-state index contributed by atoms with van der Waals surface area (Å²) in [6, 6.07) is 17.6. The van der Waals surface area contributed by atoms with Crippen LogP contribution in [0, 0.1) is 13.8 Å². The maximum atomic E-state index is 12.4. The molecule has 3 aromatic carbocycles. The van der Waals surface area contributed by atoms with E-state index in [1.165, 1.54) is 6.21 Å². The second kappa shape index (κ2) is 12.0. The van der Waals surface area contributed by atoms with E-state index in [1.54, 1.807) is 42.5 Å². The molecule has 0 aliphatic carbocycles. The molecular weight excluding hydrogens is 500 g/mol. The van der Waals surface area contributed by atoms with E-state index in [0.717, 1.165) is 15.6 Å². The molecular formula is C26H25BrN2O5. The van der Waals surface area contributed by atoms with E-state index in [9.17, 15) is 9.59 Å². The zero-order chi connectivity index (χ0) is 24.5. The fourth-order valence-corrected chi connectivity index (χ4v) is 3.91. The van der Waals surface area contributed by atoms with E-state index in [0.29, 0.717) is 35.0 Å². The molecule has 1 amide bonds. The molecule has 0 heterocycles. The molecule has 3 rings (SSSR count). The van der Waals surface area contributed by atoms with Gasteiger partial charge < -0.3 is 14.2 Å². The van der Waals surface area contributed by atoms with E-state index in [4.69, 9.17) is 14.2 Å². The molecule has 0 aromatic heterocycles. The number of rotatable bonds is 9. The molecule has 0 atom stereocenters. The van der Waals surface area contributed by atoms with Gasteiger partial charge in [0.15, 0.2) is 18.1 Å². The minimum atomic E-state index is -0.481. The molecule has 34 heavy (non-hydrogen) atoms. The van der Waals surface area contributed by atoms with Crippen molar-refractivity contribution < 1.29 is 23.8 Å². The minimum absolute atomic E-state index is 0.182. The van der Waals surface area contributed by atoms with Crippen LogP contribution in [0.2, 0.25) is 0 Å². The van der Waals surface area contributed by atoms with Crippen molar-refractivity contribution in [3.8, 4) is 17.2 Å². The first-order valence-corrected chi connectivity index (χ1v) is 11.4. The number of ether oxygens (including phenoxy) is 3. The molecule has 0 aliphatic heterocycles. The van der Waals surface area contributed by atoms with Crippen LogP contribution in [-0.2, 0) is 4.79 Å². The molecule has 0 saturated carbocycles. The van der Waals surface area contributed by atoms with Crippen molar-refractivity contribution in [2.24, 2.45) is 5.10 Å². The lowest BCUT2D eigenvalue weighted by Crippen LogP contribution is -2.24. The summed E-state index contributed by atoms with van der Waals surface area (Å²) in [6.45, 7) is 5.94. The lowest BCUT2D eigenvalue weighted by molar-refractivity contribution is -0.123. The summed E-state index contributed by atoms with van der Waals surface area (Å²) in [6.07, 6.45) is 1.47. The number of benzene rings is 3. The second-order valence-electron chi connectivity index (χ2n) is 7.37. The molecule has 7 nitrogen and oxygen atoms in total. The normalized spacial score (nSPS) is 10.7. The molecule has 176 valence electrons. The highest BCUT2D eigenvalue weighted by atomic mass is 79.9. The summed E-state index contributed by atoms with van der Waals surface area (Å²) in [4.78, 5) is 24.5. The third kappa shape index (κ3) is 6.92. The average Bonchev–Trinajstić information content (AvgIpc) is 2.80. The van der Waals surface area contributed by atoms with E-state index in [2.05, 4.69) is 26.5 Å². The predicted octanol–water partition coefficient (Wildman–Crippen LogP) is 5.21. The Morgan fingerprint density at radius 2 is 1.76 bits per heavy atom. The van der Waals surface area contributed by atoms with Crippen molar-refractivity contribution in [2.45, 2.75) is 20.8 Å². The summed E-state index contributed by atoms with van der Waals surface area (Å²) in [7, 11) is 0. The third-order valence-electron chi connectivity index (χ3n) is 4.60. The minimum Gasteiger partial charge on any atom is -0.490 e. The summed E-state index contributed by atoms with van der Waals surface area (Å²) < 4.78 is 17.5. The highest BCUT2D eigenvalue weighted by Gasteiger charge is 2.13. The number of hydrogen-bond acceptors (Lipinski definition) is 6. The number of amides is 1. The van der Waals surface area contributed by atoms with Gasteiger partial charge in [0.05, 0.1) is 22.9 Å². The summed E-state index contributed by atoms with van der Waals surface area (Å²) in [5.74, 6) is 0.424. The molecule has 0 bridgehead atoms. The van der Waals surface area contributed by atoms with Crippen molar-refractivity contribution in [2.75, 3.05) is 13.2 Å². The monoisotopic (exact) mass is 524 g/mol. The van der Waals surface area contributed by atoms with E-state index >= 15 is 0 Å². The Balaban J connectivity index is 1.60. The Labute approximate surface area is 206 Å². The largest absolute Gasteiger partial charge is 0.490 e. The lowest BCUT2D eigenvalue weighted by Gasteiger charge is -2.12. The number of hydrazone groups is 1. The van der Waals surface area contributed by atoms with E-state index in [1.807, 2.05) is 39.0 Å². The maximum absolute atomic E-state index is 12.4. The molecule has 0 unspecified atom stereocenters. The van der Waals surface area contributed by atoms with Crippen molar-refractivity contribution in [3.05, 3.63) is 87.4 Å². The van der Waals surface area contributed by atoms with Gasteiger partial charge in [0.25, 0.3) is 5.91 Å². The highest BCUT2D eigenvalue weighted by molar-refractivity contribution is 9.10. The van der Waals surface area contributed by atoms with Crippen molar-refractivity contribution in [1.82, 2.24) is 5.43 Å². The van der Waals surface area contributed by atoms with Crippen LogP contribution in [0.4, 0.5) is 0 Å². The quantitative estimate of drug-likeness (QED) is 0.179. The van der Waals surface area contributed by atoms with Crippen LogP contribution in [0.5, 0.6) is 17.2 Å². The fraction of sp³-hybridized carbons (Fsp3) is 0.192. The Morgan fingerprint density at radius 3 is 2.47 bits per heavy atom. The molecule has 0 saturated heterocycles. The van der Waals surface area contributed by atoms with Crippen LogP contribution in [-0.4, -0.2) is 31.3 Å².